The number of carbonyl (C=O) groups is 1. The largest absolute Gasteiger partial charge is 0.462 e. The van der Waals surface area contributed by atoms with Gasteiger partial charge in [0, 0.05) is 12.6 Å². The molecule has 0 spiro atoms. The van der Waals surface area contributed by atoms with Gasteiger partial charge in [0.25, 0.3) is 5.91 Å². The number of carbonyl (C=O) groups excluding carboxylic acids is 1. The van der Waals surface area contributed by atoms with Gasteiger partial charge in [0.1, 0.15) is 11.5 Å². The molecule has 0 unspecified atom stereocenters. The maximum Gasteiger partial charge on any atom is 0.252 e. The fraction of sp³-hybridized carbons (Fsp3) is 0.176. The predicted molar refractivity (Wildman–Crippen MR) is 90.1 cm³/mol. The lowest BCUT2D eigenvalue weighted by Gasteiger charge is -2.14. The summed E-state index contributed by atoms with van der Waals surface area (Å²) in [6.45, 7) is 4.38. The Kier molecular flexibility index (Phi) is 4.06. The van der Waals surface area contributed by atoms with Crippen LogP contribution in [0, 0.1) is 6.92 Å². The number of likely N-dealkylation sites (N-methyl/N-ethyl adjacent to an activating group) is 1. The summed E-state index contributed by atoms with van der Waals surface area (Å²) < 4.78 is 6.51. The Morgan fingerprint density at radius 2 is 2.14 bits per heavy atom. The summed E-state index contributed by atoms with van der Waals surface area (Å²) in [7, 11) is 0. The van der Waals surface area contributed by atoms with Gasteiger partial charge < -0.3 is 4.42 Å². The number of amides is 1. The van der Waals surface area contributed by atoms with Gasteiger partial charge in [-0.1, -0.05) is 23.5 Å². The molecule has 0 radical (unpaired) electrons. The van der Waals surface area contributed by atoms with E-state index >= 15 is 0 Å². The summed E-state index contributed by atoms with van der Waals surface area (Å²) in [5.74, 6) is 1.40. The zero-order chi connectivity index (χ0) is 15.5. The molecule has 4 nitrogen and oxygen atoms in total. The first-order chi connectivity index (χ1) is 10.7. The Balaban J connectivity index is 1.83. The van der Waals surface area contributed by atoms with E-state index in [9.17, 15) is 4.79 Å². The van der Waals surface area contributed by atoms with Gasteiger partial charge in [0.2, 0.25) is 0 Å². The van der Waals surface area contributed by atoms with Crippen molar-refractivity contribution in [3.63, 3.8) is 0 Å². The van der Waals surface area contributed by atoms with Crippen LogP contribution in [0.25, 0.3) is 16.3 Å². The van der Waals surface area contributed by atoms with Crippen molar-refractivity contribution in [1.82, 2.24) is 4.98 Å². The van der Waals surface area contributed by atoms with Crippen LogP contribution in [-0.4, -0.2) is 17.4 Å². The van der Waals surface area contributed by atoms with E-state index < -0.39 is 0 Å². The van der Waals surface area contributed by atoms with Crippen molar-refractivity contribution in [2.45, 2.75) is 13.8 Å². The first-order valence-corrected chi connectivity index (χ1v) is 7.90. The Bertz CT molecular complexity index is 799. The highest BCUT2D eigenvalue weighted by Crippen LogP contribution is 2.28. The summed E-state index contributed by atoms with van der Waals surface area (Å²) in [4.78, 5) is 18.6. The van der Waals surface area contributed by atoms with E-state index in [2.05, 4.69) is 4.98 Å². The second-order valence-electron chi connectivity index (χ2n) is 4.83. The van der Waals surface area contributed by atoms with Crippen molar-refractivity contribution in [1.29, 1.82) is 0 Å². The van der Waals surface area contributed by atoms with Gasteiger partial charge in [-0.2, -0.15) is 0 Å². The van der Waals surface area contributed by atoms with Crippen LogP contribution in [0.15, 0.2) is 46.9 Å². The number of para-hydroxylation sites is 1. The van der Waals surface area contributed by atoms with Crippen molar-refractivity contribution in [2.75, 3.05) is 11.4 Å². The molecule has 3 aromatic rings. The normalized spacial score (nSPS) is 11.4. The number of hydrogen-bond acceptors (Lipinski definition) is 4. The first kappa shape index (κ1) is 14.5. The zero-order valence-corrected chi connectivity index (χ0v) is 13.3. The number of thiazole rings is 1. The summed E-state index contributed by atoms with van der Waals surface area (Å²) in [5.41, 5.74) is 0.916. The molecule has 1 amide bonds. The number of hydrogen-bond donors (Lipinski definition) is 0. The van der Waals surface area contributed by atoms with Crippen LogP contribution < -0.4 is 4.90 Å². The molecule has 1 aromatic carbocycles. The van der Waals surface area contributed by atoms with E-state index in [-0.39, 0.29) is 5.91 Å². The van der Waals surface area contributed by atoms with Crippen LogP contribution in [0.2, 0.25) is 0 Å². The minimum absolute atomic E-state index is 0.101. The number of nitrogens with zero attached hydrogens (tertiary/aromatic N) is 2. The molecule has 0 saturated carbocycles. The van der Waals surface area contributed by atoms with Crippen LogP contribution in [0.5, 0.6) is 0 Å². The number of rotatable bonds is 4. The molecule has 0 aliphatic carbocycles. The van der Waals surface area contributed by atoms with Crippen LogP contribution in [0.3, 0.4) is 0 Å². The predicted octanol–water partition coefficient (Wildman–Crippen LogP) is 4.26. The Morgan fingerprint density at radius 3 is 2.82 bits per heavy atom. The molecule has 0 saturated heterocycles. The van der Waals surface area contributed by atoms with Crippen molar-refractivity contribution in [3.8, 4) is 0 Å². The van der Waals surface area contributed by atoms with Crippen LogP contribution in [0.1, 0.15) is 18.4 Å². The summed E-state index contributed by atoms with van der Waals surface area (Å²) >= 11 is 1.52. The number of benzene rings is 1. The van der Waals surface area contributed by atoms with Gasteiger partial charge in [0.05, 0.1) is 10.2 Å². The fourth-order valence-electron chi connectivity index (χ4n) is 2.15. The van der Waals surface area contributed by atoms with E-state index in [1.807, 2.05) is 50.2 Å². The molecule has 0 bridgehead atoms. The summed E-state index contributed by atoms with van der Waals surface area (Å²) in [6, 6.07) is 11.6. The number of aromatic nitrogens is 1. The number of furan rings is 1. The number of aryl methyl sites for hydroxylation is 1. The third-order valence-corrected chi connectivity index (χ3v) is 4.31. The highest BCUT2D eigenvalue weighted by molar-refractivity contribution is 7.22. The smallest absolute Gasteiger partial charge is 0.252 e. The van der Waals surface area contributed by atoms with Crippen molar-refractivity contribution < 1.29 is 9.21 Å². The highest BCUT2D eigenvalue weighted by Gasteiger charge is 2.15. The molecular formula is C17H16N2O2S. The fourth-order valence-corrected chi connectivity index (χ4v) is 3.18. The monoisotopic (exact) mass is 312 g/mol. The molecule has 2 heterocycles. The quantitative estimate of drug-likeness (QED) is 0.676. The van der Waals surface area contributed by atoms with Crippen LogP contribution >= 0.6 is 11.3 Å². The van der Waals surface area contributed by atoms with Gasteiger partial charge in [-0.25, -0.2) is 4.98 Å². The minimum atomic E-state index is -0.101. The van der Waals surface area contributed by atoms with Crippen molar-refractivity contribution in [2.24, 2.45) is 0 Å². The Morgan fingerprint density at radius 1 is 1.32 bits per heavy atom. The van der Waals surface area contributed by atoms with E-state index in [1.54, 1.807) is 11.0 Å². The topological polar surface area (TPSA) is 46.3 Å². The molecule has 0 atom stereocenters. The SMILES string of the molecule is CCN(C(=O)/C=C/c1ccc(C)o1)c1nc2ccccc2s1. The van der Waals surface area contributed by atoms with Crippen LogP contribution in [-0.2, 0) is 4.79 Å². The lowest BCUT2D eigenvalue weighted by atomic mass is 10.3. The van der Waals surface area contributed by atoms with Gasteiger partial charge in [-0.15, -0.1) is 0 Å². The van der Waals surface area contributed by atoms with E-state index in [4.69, 9.17) is 4.42 Å². The van der Waals surface area contributed by atoms with Gasteiger partial charge in [-0.05, 0) is 44.2 Å². The standard InChI is InChI=1S/C17H16N2O2S/c1-3-19(16(20)11-10-13-9-8-12(2)21-13)17-18-14-6-4-5-7-15(14)22-17/h4-11H,3H2,1-2H3/b11-10+. The van der Waals surface area contributed by atoms with Crippen molar-refractivity contribution >= 4 is 38.7 Å². The summed E-state index contributed by atoms with van der Waals surface area (Å²) in [6.07, 6.45) is 3.21. The molecule has 5 heteroatoms. The molecule has 112 valence electrons. The molecule has 0 fully saturated rings. The van der Waals surface area contributed by atoms with Gasteiger partial charge >= 0.3 is 0 Å². The maximum atomic E-state index is 12.4. The second-order valence-corrected chi connectivity index (χ2v) is 5.84. The second kappa shape index (κ2) is 6.15. The summed E-state index contributed by atoms with van der Waals surface area (Å²) in [5, 5.41) is 0.717. The molecule has 0 aliphatic rings. The third-order valence-electron chi connectivity index (χ3n) is 3.25. The van der Waals surface area contributed by atoms with Gasteiger partial charge in [-0.3, -0.25) is 9.69 Å². The van der Waals surface area contributed by atoms with Crippen molar-refractivity contribution in [3.05, 3.63) is 54.0 Å². The lowest BCUT2D eigenvalue weighted by molar-refractivity contribution is -0.114. The molecule has 3 rings (SSSR count). The Labute approximate surface area is 132 Å². The third kappa shape index (κ3) is 2.94. The number of fused-ring (bicyclic) bond motifs is 1. The van der Waals surface area contributed by atoms with E-state index in [0.717, 1.165) is 16.0 Å². The minimum Gasteiger partial charge on any atom is -0.462 e. The van der Waals surface area contributed by atoms with E-state index in [1.165, 1.54) is 17.4 Å². The maximum absolute atomic E-state index is 12.4. The average Bonchev–Trinajstić information content (AvgIpc) is 3.11. The molecular weight excluding hydrogens is 296 g/mol. The first-order valence-electron chi connectivity index (χ1n) is 7.09. The molecule has 2 aromatic heterocycles. The average molecular weight is 312 g/mol. The zero-order valence-electron chi connectivity index (χ0n) is 12.4. The Hall–Kier alpha value is -2.40. The number of anilines is 1. The van der Waals surface area contributed by atoms with Gasteiger partial charge in [0.15, 0.2) is 5.13 Å². The van der Waals surface area contributed by atoms with E-state index in [0.29, 0.717) is 17.4 Å². The molecule has 0 aliphatic heterocycles. The lowest BCUT2D eigenvalue weighted by Crippen LogP contribution is -2.28. The highest BCUT2D eigenvalue weighted by atomic mass is 32.1. The van der Waals surface area contributed by atoms with Crippen LogP contribution in [0.4, 0.5) is 5.13 Å². The molecule has 0 N–H and O–H groups in total. The molecule has 22 heavy (non-hydrogen) atoms.